The van der Waals surface area contributed by atoms with Crippen LogP contribution in [0.25, 0.3) is 10.8 Å². The minimum atomic E-state index is 0. The molecule has 1 aromatic heterocycles. The normalized spacial score (nSPS) is 10.1. The first-order valence-electron chi connectivity index (χ1n) is 6.71. The van der Waals surface area contributed by atoms with Crippen molar-refractivity contribution >= 4 is 33.5 Å². The Labute approximate surface area is 134 Å². The van der Waals surface area contributed by atoms with Gasteiger partial charge >= 0.3 is 0 Å². The third-order valence-corrected chi connectivity index (χ3v) is 3.42. The lowest BCUT2D eigenvalue weighted by Gasteiger charge is -2.04. The van der Waals surface area contributed by atoms with Gasteiger partial charge in [0.15, 0.2) is 12.4 Å². The van der Waals surface area contributed by atoms with Crippen LogP contribution in [0.2, 0.25) is 0 Å². The first-order valence-corrected chi connectivity index (χ1v) is 6.71. The van der Waals surface area contributed by atoms with Crippen LogP contribution in [0.1, 0.15) is 15.9 Å². The third-order valence-electron chi connectivity index (χ3n) is 3.42. The molecule has 3 aromatic rings. The van der Waals surface area contributed by atoms with Crippen molar-refractivity contribution in [3.63, 3.8) is 0 Å². The quantitative estimate of drug-likeness (QED) is 0.522. The minimum absolute atomic E-state index is 0. The predicted octanol–water partition coefficient (Wildman–Crippen LogP) is 3.90. The van der Waals surface area contributed by atoms with Gasteiger partial charge in [0.05, 0.1) is 0 Å². The molecule has 0 aliphatic rings. The lowest BCUT2D eigenvalue weighted by Crippen LogP contribution is -2.37. The van der Waals surface area contributed by atoms with Gasteiger partial charge in [0, 0.05) is 17.2 Å². The van der Waals surface area contributed by atoms with Crippen molar-refractivity contribution in [2.24, 2.45) is 0 Å². The van der Waals surface area contributed by atoms with Crippen molar-refractivity contribution < 1.29 is 9.36 Å². The maximum absolute atomic E-state index is 12.5. The van der Waals surface area contributed by atoms with Crippen molar-refractivity contribution in [3.05, 3.63) is 78.1 Å². The van der Waals surface area contributed by atoms with Crippen molar-refractivity contribution in [2.75, 3.05) is 0 Å². The number of aromatic nitrogens is 1. The fraction of sp³-hybridized carbons (Fsp3) is 0.111. The highest BCUT2D eigenvalue weighted by Crippen LogP contribution is 2.18. The predicted molar refractivity (Wildman–Crippen MR) is 90.0 cm³/mol. The van der Waals surface area contributed by atoms with Gasteiger partial charge in [0.25, 0.3) is 0 Å². The van der Waals surface area contributed by atoms with Gasteiger partial charge in [-0.15, -0.1) is 17.0 Å². The summed E-state index contributed by atoms with van der Waals surface area (Å²) in [5.74, 6) is 0.136. The monoisotopic (exact) mass is 342 g/mol. The molecule has 0 radical (unpaired) electrons. The van der Waals surface area contributed by atoms with Crippen LogP contribution in [-0.4, -0.2) is 5.78 Å². The number of benzene rings is 2. The van der Waals surface area contributed by atoms with E-state index in [4.69, 9.17) is 0 Å². The van der Waals surface area contributed by atoms with Gasteiger partial charge in [0.2, 0.25) is 12.3 Å². The number of fused-ring (bicyclic) bond motifs is 1. The van der Waals surface area contributed by atoms with Crippen LogP contribution in [0.5, 0.6) is 0 Å². The van der Waals surface area contributed by atoms with E-state index in [1.807, 2.05) is 78.5 Å². The summed E-state index contributed by atoms with van der Waals surface area (Å²) in [6.45, 7) is 2.40. The molecule has 0 fully saturated rings. The molecule has 0 amide bonds. The highest BCUT2D eigenvalue weighted by molar-refractivity contribution is 8.93. The Morgan fingerprint density at radius 1 is 1.00 bits per heavy atom. The molecule has 0 spiro atoms. The van der Waals surface area contributed by atoms with E-state index in [0.29, 0.717) is 6.54 Å². The van der Waals surface area contributed by atoms with E-state index < -0.39 is 0 Å². The van der Waals surface area contributed by atoms with Crippen LogP contribution in [0, 0.1) is 6.92 Å². The number of nitrogens with zero attached hydrogens (tertiary/aromatic N) is 1. The molecule has 2 aromatic carbocycles. The maximum Gasteiger partial charge on any atom is 0.228 e. The zero-order chi connectivity index (χ0) is 13.9. The summed E-state index contributed by atoms with van der Waals surface area (Å²) in [4.78, 5) is 12.5. The SMILES string of the molecule is Br.Cc1ccc[n+](CC(=O)c2cccc3ccccc23)c1. The first-order chi connectivity index (χ1) is 9.74. The van der Waals surface area contributed by atoms with E-state index in [-0.39, 0.29) is 22.8 Å². The first kappa shape index (κ1) is 15.4. The Hall–Kier alpha value is -2.00. The lowest BCUT2D eigenvalue weighted by molar-refractivity contribution is -0.683. The molecule has 21 heavy (non-hydrogen) atoms. The zero-order valence-corrected chi connectivity index (χ0v) is 13.5. The van der Waals surface area contributed by atoms with Crippen molar-refractivity contribution in [2.45, 2.75) is 13.5 Å². The fourth-order valence-electron chi connectivity index (χ4n) is 2.47. The number of carbonyl (C=O) groups excluding carboxylic acids is 1. The molecule has 2 nitrogen and oxygen atoms in total. The number of ketones is 1. The summed E-state index contributed by atoms with van der Waals surface area (Å²) in [5.41, 5.74) is 1.94. The Balaban J connectivity index is 0.00000161. The fourth-order valence-corrected chi connectivity index (χ4v) is 2.47. The van der Waals surface area contributed by atoms with E-state index in [1.165, 1.54) is 0 Å². The standard InChI is InChI=1S/C18H16NO.BrH/c1-14-6-5-11-19(12-14)13-18(20)17-10-4-8-15-7-2-3-9-16(15)17;/h2-12H,13H2,1H3;1H/q+1;. The number of hydrogen-bond donors (Lipinski definition) is 0. The Kier molecular flexibility index (Phi) is 4.86. The number of rotatable bonds is 3. The molecule has 0 aliphatic carbocycles. The number of hydrogen-bond acceptors (Lipinski definition) is 1. The Bertz CT molecular complexity index is 778. The molecule has 0 saturated heterocycles. The summed E-state index contributed by atoms with van der Waals surface area (Å²) in [5, 5.41) is 2.13. The second-order valence-corrected chi connectivity index (χ2v) is 5.00. The third kappa shape index (κ3) is 3.37. The van der Waals surface area contributed by atoms with E-state index in [1.54, 1.807) is 0 Å². The Morgan fingerprint density at radius 2 is 1.76 bits per heavy atom. The highest BCUT2D eigenvalue weighted by atomic mass is 79.9. The highest BCUT2D eigenvalue weighted by Gasteiger charge is 2.14. The largest absolute Gasteiger partial charge is 0.287 e. The van der Waals surface area contributed by atoms with Gasteiger partial charge < -0.3 is 0 Å². The molecule has 0 N–H and O–H groups in total. The van der Waals surface area contributed by atoms with Crippen molar-refractivity contribution in [3.8, 4) is 0 Å². The molecular weight excluding hydrogens is 326 g/mol. The number of Topliss-reactive ketones (excluding diaryl/α,β-unsaturated/α-hetero) is 1. The summed E-state index contributed by atoms with van der Waals surface area (Å²) in [7, 11) is 0. The van der Waals surface area contributed by atoms with E-state index >= 15 is 0 Å². The van der Waals surface area contributed by atoms with Gasteiger partial charge in [-0.25, -0.2) is 0 Å². The van der Waals surface area contributed by atoms with Crippen LogP contribution in [0.4, 0.5) is 0 Å². The second kappa shape index (κ2) is 6.64. The van der Waals surface area contributed by atoms with E-state index in [9.17, 15) is 4.79 Å². The van der Waals surface area contributed by atoms with Crippen LogP contribution < -0.4 is 4.57 Å². The summed E-state index contributed by atoms with van der Waals surface area (Å²) in [6.07, 6.45) is 3.92. The van der Waals surface area contributed by atoms with Gasteiger partial charge in [-0.2, -0.15) is 4.57 Å². The topological polar surface area (TPSA) is 20.9 Å². The molecule has 0 bridgehead atoms. The molecule has 3 heteroatoms. The molecule has 0 aliphatic heterocycles. The number of carbonyl (C=O) groups is 1. The van der Waals surface area contributed by atoms with Crippen LogP contribution in [0.15, 0.2) is 67.0 Å². The average Bonchev–Trinajstić information content (AvgIpc) is 2.46. The summed E-state index contributed by atoms with van der Waals surface area (Å²) in [6, 6.07) is 17.9. The van der Waals surface area contributed by atoms with Crippen molar-refractivity contribution in [1.82, 2.24) is 0 Å². The van der Waals surface area contributed by atoms with E-state index in [2.05, 4.69) is 0 Å². The number of halogens is 1. The number of aryl methyl sites for hydroxylation is 1. The summed E-state index contributed by atoms with van der Waals surface area (Å²) >= 11 is 0. The average molecular weight is 343 g/mol. The van der Waals surface area contributed by atoms with E-state index in [0.717, 1.165) is 21.9 Å². The second-order valence-electron chi connectivity index (χ2n) is 5.00. The Morgan fingerprint density at radius 3 is 2.57 bits per heavy atom. The van der Waals surface area contributed by atoms with Crippen molar-refractivity contribution in [1.29, 1.82) is 0 Å². The van der Waals surface area contributed by atoms with Crippen LogP contribution in [-0.2, 0) is 6.54 Å². The molecule has 3 rings (SSSR count). The smallest absolute Gasteiger partial charge is 0.228 e. The molecule has 0 unspecified atom stereocenters. The summed E-state index contributed by atoms with van der Waals surface area (Å²) < 4.78 is 1.93. The van der Waals surface area contributed by atoms with Crippen LogP contribution >= 0.6 is 17.0 Å². The lowest BCUT2D eigenvalue weighted by atomic mass is 10.0. The van der Waals surface area contributed by atoms with Gasteiger partial charge in [-0.3, -0.25) is 4.79 Å². The number of pyridine rings is 1. The zero-order valence-electron chi connectivity index (χ0n) is 11.8. The van der Waals surface area contributed by atoms with Gasteiger partial charge in [0.1, 0.15) is 0 Å². The van der Waals surface area contributed by atoms with Gasteiger partial charge in [-0.1, -0.05) is 42.5 Å². The minimum Gasteiger partial charge on any atom is -0.287 e. The molecule has 1 heterocycles. The maximum atomic E-state index is 12.5. The molecule has 0 atom stereocenters. The van der Waals surface area contributed by atoms with Gasteiger partial charge in [-0.05, 0) is 23.8 Å². The molecular formula is C18H17BrNO+. The van der Waals surface area contributed by atoms with Crippen LogP contribution in [0.3, 0.4) is 0 Å². The molecule has 106 valence electrons. The molecule has 0 saturated carbocycles.